The summed E-state index contributed by atoms with van der Waals surface area (Å²) in [5.74, 6) is -0.185. The molecule has 3 N–H and O–H groups in total. The first-order chi connectivity index (χ1) is 31.0. The lowest BCUT2D eigenvalue weighted by Gasteiger charge is -2.25. The maximum absolute atomic E-state index is 12.9. The smallest absolute Gasteiger partial charge is 0.387 e. The van der Waals surface area contributed by atoms with Crippen molar-refractivity contribution in [3.8, 4) is 0 Å². The fraction of sp³-hybridized carbons (Fsp3) is 0.873. The molecule has 8 nitrogen and oxygen atoms in total. The number of aliphatic hydroxyl groups is 1. The highest BCUT2D eigenvalue weighted by atomic mass is 31.2. The standard InChI is InChI=1S/C55H107N2O6P/c1-6-8-10-12-14-16-18-20-22-24-25-26-27-28-29-30-31-33-35-37-39-41-43-45-47-49-55(59)56-53(52-63-64(60,61)62-51-50-57(3,4)5)54(58)48-46-44-42-40-38-36-34-32-23-21-19-17-15-13-11-9-7-2/h24-25,38,40,46,48,53-54,58H,6-23,26-37,39,41-45,47,49-52H2,1-5H3,(H-,56,59,60,61)/p+1/b25-24-,40-38+,48-46+. The first kappa shape index (κ1) is 62.7. The molecule has 378 valence electrons. The van der Waals surface area contributed by atoms with Gasteiger partial charge in [0.15, 0.2) is 0 Å². The molecule has 0 spiro atoms. The van der Waals surface area contributed by atoms with E-state index in [9.17, 15) is 19.4 Å². The Bertz CT molecular complexity index is 1140. The third kappa shape index (κ3) is 48.6. The first-order valence-corrected chi connectivity index (χ1v) is 28.9. The Morgan fingerprint density at radius 3 is 1.25 bits per heavy atom. The van der Waals surface area contributed by atoms with E-state index in [-0.39, 0.29) is 19.1 Å². The lowest BCUT2D eigenvalue weighted by atomic mass is 10.0. The number of allylic oxidation sites excluding steroid dienone is 5. The highest BCUT2D eigenvalue weighted by molar-refractivity contribution is 7.47. The summed E-state index contributed by atoms with van der Waals surface area (Å²) in [4.78, 5) is 23.2. The van der Waals surface area contributed by atoms with Crippen LogP contribution >= 0.6 is 7.82 Å². The van der Waals surface area contributed by atoms with Crippen LogP contribution in [0.3, 0.4) is 0 Å². The zero-order valence-electron chi connectivity index (χ0n) is 43.0. The minimum absolute atomic E-state index is 0.0570. The topological polar surface area (TPSA) is 105 Å². The van der Waals surface area contributed by atoms with E-state index in [1.165, 1.54) is 199 Å². The van der Waals surface area contributed by atoms with Gasteiger partial charge in [-0.15, -0.1) is 0 Å². The van der Waals surface area contributed by atoms with Crippen LogP contribution in [-0.2, 0) is 18.4 Å². The average Bonchev–Trinajstić information content (AvgIpc) is 3.25. The number of nitrogens with one attached hydrogen (secondary N) is 1. The van der Waals surface area contributed by atoms with Gasteiger partial charge in [-0.3, -0.25) is 13.8 Å². The van der Waals surface area contributed by atoms with Crippen molar-refractivity contribution in [2.75, 3.05) is 40.9 Å². The number of phosphoric acid groups is 1. The van der Waals surface area contributed by atoms with Crippen molar-refractivity contribution in [2.45, 2.75) is 270 Å². The lowest BCUT2D eigenvalue weighted by molar-refractivity contribution is -0.870. The van der Waals surface area contributed by atoms with Crippen molar-refractivity contribution in [1.82, 2.24) is 5.32 Å². The molecule has 0 fully saturated rings. The van der Waals surface area contributed by atoms with Gasteiger partial charge in [0.2, 0.25) is 5.91 Å². The number of hydrogen-bond acceptors (Lipinski definition) is 5. The summed E-state index contributed by atoms with van der Waals surface area (Å²) in [5, 5.41) is 13.9. The monoisotopic (exact) mass is 924 g/mol. The number of hydrogen-bond donors (Lipinski definition) is 3. The number of nitrogens with zero attached hydrogens (tertiary/aromatic N) is 1. The molecule has 0 aromatic carbocycles. The number of likely N-dealkylation sites (N-methyl/N-ethyl adjacent to an activating group) is 1. The van der Waals surface area contributed by atoms with Crippen molar-refractivity contribution in [1.29, 1.82) is 0 Å². The molecular weight excluding hydrogens is 816 g/mol. The van der Waals surface area contributed by atoms with Crippen LogP contribution < -0.4 is 5.32 Å². The number of amides is 1. The second-order valence-corrected chi connectivity index (χ2v) is 21.4. The van der Waals surface area contributed by atoms with Gasteiger partial charge in [-0.25, -0.2) is 4.57 Å². The van der Waals surface area contributed by atoms with Crippen LogP contribution in [0.15, 0.2) is 36.5 Å². The summed E-state index contributed by atoms with van der Waals surface area (Å²) < 4.78 is 23.7. The molecular formula is C55H108N2O6P+. The van der Waals surface area contributed by atoms with Crippen LogP contribution in [0.1, 0.15) is 258 Å². The summed E-state index contributed by atoms with van der Waals surface area (Å²) in [5.41, 5.74) is 0. The first-order valence-electron chi connectivity index (χ1n) is 27.4. The Kier molecular flexibility index (Phi) is 45.9. The largest absolute Gasteiger partial charge is 0.472 e. The summed E-state index contributed by atoms with van der Waals surface area (Å²) in [6.07, 6.45) is 59.5. The Morgan fingerprint density at radius 1 is 0.516 bits per heavy atom. The van der Waals surface area contributed by atoms with Crippen LogP contribution in [-0.4, -0.2) is 73.4 Å². The number of unbranched alkanes of at least 4 members (excludes halogenated alkanes) is 33. The molecule has 0 aliphatic rings. The molecule has 0 bridgehead atoms. The Hall–Kier alpha value is -1.28. The molecule has 0 radical (unpaired) electrons. The Morgan fingerprint density at radius 2 is 0.859 bits per heavy atom. The van der Waals surface area contributed by atoms with Crippen LogP contribution in [0.5, 0.6) is 0 Å². The van der Waals surface area contributed by atoms with E-state index < -0.39 is 20.0 Å². The van der Waals surface area contributed by atoms with Crippen molar-refractivity contribution in [3.63, 3.8) is 0 Å². The van der Waals surface area contributed by atoms with Gasteiger partial charge in [0.25, 0.3) is 0 Å². The van der Waals surface area contributed by atoms with E-state index >= 15 is 0 Å². The van der Waals surface area contributed by atoms with Crippen LogP contribution in [0, 0.1) is 0 Å². The maximum Gasteiger partial charge on any atom is 0.472 e. The molecule has 0 rings (SSSR count). The fourth-order valence-electron chi connectivity index (χ4n) is 7.99. The zero-order chi connectivity index (χ0) is 47.1. The van der Waals surface area contributed by atoms with Gasteiger partial charge < -0.3 is 19.8 Å². The second-order valence-electron chi connectivity index (χ2n) is 19.9. The van der Waals surface area contributed by atoms with E-state index in [4.69, 9.17) is 9.05 Å². The fourth-order valence-corrected chi connectivity index (χ4v) is 8.73. The number of quaternary nitrogens is 1. The third-order valence-corrected chi connectivity index (χ3v) is 13.3. The number of rotatable bonds is 50. The van der Waals surface area contributed by atoms with Gasteiger partial charge in [0, 0.05) is 6.42 Å². The summed E-state index contributed by atoms with van der Waals surface area (Å²) in [6.45, 7) is 4.82. The Balaban J connectivity index is 4.24. The average molecular weight is 924 g/mol. The second kappa shape index (κ2) is 46.8. The van der Waals surface area contributed by atoms with Crippen LogP contribution in [0.4, 0.5) is 0 Å². The minimum atomic E-state index is -4.35. The van der Waals surface area contributed by atoms with Crippen LogP contribution in [0.25, 0.3) is 0 Å². The maximum atomic E-state index is 12.9. The zero-order valence-corrected chi connectivity index (χ0v) is 43.9. The molecule has 3 atom stereocenters. The minimum Gasteiger partial charge on any atom is -0.387 e. The molecule has 1 amide bonds. The van der Waals surface area contributed by atoms with E-state index in [2.05, 4.69) is 43.5 Å². The summed E-state index contributed by atoms with van der Waals surface area (Å²) >= 11 is 0. The predicted octanol–water partition coefficient (Wildman–Crippen LogP) is 16.2. The highest BCUT2D eigenvalue weighted by Gasteiger charge is 2.27. The molecule has 64 heavy (non-hydrogen) atoms. The summed E-state index contributed by atoms with van der Waals surface area (Å²) in [7, 11) is 1.56. The van der Waals surface area contributed by atoms with Gasteiger partial charge in [0.05, 0.1) is 39.9 Å². The van der Waals surface area contributed by atoms with E-state index in [0.29, 0.717) is 17.4 Å². The number of carbonyl (C=O) groups excluding carboxylic acids is 1. The molecule has 0 aliphatic carbocycles. The molecule has 0 aromatic heterocycles. The van der Waals surface area contributed by atoms with Gasteiger partial charge in [-0.2, -0.15) is 0 Å². The molecule has 0 heterocycles. The van der Waals surface area contributed by atoms with Crippen molar-refractivity contribution in [3.05, 3.63) is 36.5 Å². The molecule has 9 heteroatoms. The SMILES string of the molecule is CCCCCCCCCC/C=C\CCCCCCCCCCCCCCCC(=O)NC(COP(=O)(O)OCC[N+](C)(C)C)C(O)/C=C/CC/C=C/CCCCCCCCCCCCC. The molecule has 3 unspecified atom stereocenters. The quantitative estimate of drug-likeness (QED) is 0.0243. The van der Waals surface area contributed by atoms with Gasteiger partial charge in [-0.05, 0) is 57.8 Å². The number of aliphatic hydroxyl groups excluding tert-OH is 1. The predicted molar refractivity (Wildman–Crippen MR) is 277 cm³/mol. The van der Waals surface area contributed by atoms with Gasteiger partial charge >= 0.3 is 7.82 Å². The summed E-state index contributed by atoms with van der Waals surface area (Å²) in [6, 6.07) is -0.862. The van der Waals surface area contributed by atoms with E-state index in [1.807, 2.05) is 27.2 Å². The normalized spacial score (nSPS) is 14.3. The van der Waals surface area contributed by atoms with E-state index in [1.54, 1.807) is 6.08 Å². The number of carbonyl (C=O) groups is 1. The molecule has 0 saturated carbocycles. The molecule has 0 aromatic rings. The van der Waals surface area contributed by atoms with Crippen molar-refractivity contribution < 1.29 is 32.9 Å². The van der Waals surface area contributed by atoms with E-state index in [0.717, 1.165) is 38.5 Å². The van der Waals surface area contributed by atoms with Gasteiger partial charge in [0.1, 0.15) is 13.2 Å². The third-order valence-electron chi connectivity index (χ3n) is 12.3. The van der Waals surface area contributed by atoms with Crippen molar-refractivity contribution >= 4 is 13.7 Å². The van der Waals surface area contributed by atoms with Crippen LogP contribution in [0.2, 0.25) is 0 Å². The number of phosphoric ester groups is 1. The van der Waals surface area contributed by atoms with Gasteiger partial charge in [-0.1, -0.05) is 230 Å². The Labute approximate surface area is 397 Å². The molecule has 0 saturated heterocycles. The highest BCUT2D eigenvalue weighted by Crippen LogP contribution is 2.43. The van der Waals surface area contributed by atoms with Crippen molar-refractivity contribution in [2.24, 2.45) is 0 Å². The molecule has 0 aliphatic heterocycles. The lowest BCUT2D eigenvalue weighted by Crippen LogP contribution is -2.45.